The lowest BCUT2D eigenvalue weighted by atomic mass is 10.1. The van der Waals surface area contributed by atoms with Crippen LogP contribution in [0.4, 0.5) is 5.69 Å². The Morgan fingerprint density at radius 2 is 1.88 bits per heavy atom. The maximum Gasteiger partial charge on any atom is 0.0608 e. The first-order valence-electron chi connectivity index (χ1n) is 5.91. The van der Waals surface area contributed by atoms with Gasteiger partial charge in [-0.1, -0.05) is 11.6 Å². The summed E-state index contributed by atoms with van der Waals surface area (Å²) in [6.07, 6.45) is 2.70. The van der Waals surface area contributed by atoms with Crippen molar-refractivity contribution in [3.05, 3.63) is 29.3 Å². The van der Waals surface area contributed by atoms with E-state index in [2.05, 4.69) is 24.0 Å². The largest absolute Gasteiger partial charge is 0.378 e. The van der Waals surface area contributed by atoms with Crippen LogP contribution in [0.15, 0.2) is 24.3 Å². The van der Waals surface area contributed by atoms with Gasteiger partial charge >= 0.3 is 0 Å². The van der Waals surface area contributed by atoms with Crippen LogP contribution < -0.4 is 4.90 Å². The first kappa shape index (κ1) is 11.7. The molecule has 0 aromatic heterocycles. The second-order valence-electron chi connectivity index (χ2n) is 4.12. The molecule has 1 saturated heterocycles. The molecule has 0 N–H and O–H groups in total. The highest BCUT2D eigenvalue weighted by atomic mass is 35.5. The third-order valence-electron chi connectivity index (χ3n) is 3.04. The van der Waals surface area contributed by atoms with Crippen LogP contribution in [-0.2, 0) is 4.74 Å². The number of nitrogens with zero attached hydrogens (tertiary/aromatic N) is 1. The minimum absolute atomic E-state index is 0.452. The number of hydrogen-bond donors (Lipinski definition) is 0. The Kier molecular flexibility index (Phi) is 4.08. The van der Waals surface area contributed by atoms with Gasteiger partial charge in [0.05, 0.1) is 6.10 Å². The summed E-state index contributed by atoms with van der Waals surface area (Å²) >= 11 is 5.88. The number of hydrogen-bond acceptors (Lipinski definition) is 2. The Morgan fingerprint density at radius 1 is 1.25 bits per heavy atom. The first-order valence-corrected chi connectivity index (χ1v) is 6.29. The summed E-state index contributed by atoms with van der Waals surface area (Å²) in [5, 5.41) is 0.799. The van der Waals surface area contributed by atoms with Crippen molar-refractivity contribution in [3.8, 4) is 0 Å². The highest BCUT2D eigenvalue weighted by Gasteiger charge is 2.19. The number of rotatable bonds is 3. The highest BCUT2D eigenvalue weighted by molar-refractivity contribution is 6.30. The molecule has 0 amide bonds. The average molecular weight is 240 g/mol. The van der Waals surface area contributed by atoms with Crippen LogP contribution in [0.2, 0.25) is 5.02 Å². The Hall–Kier alpha value is -0.730. The summed E-state index contributed by atoms with van der Waals surface area (Å²) in [5.41, 5.74) is 1.26. The number of ether oxygens (including phenoxy) is 1. The van der Waals surface area contributed by atoms with Gasteiger partial charge in [0, 0.05) is 30.4 Å². The van der Waals surface area contributed by atoms with Crippen LogP contribution in [-0.4, -0.2) is 25.8 Å². The van der Waals surface area contributed by atoms with Crippen LogP contribution in [0.25, 0.3) is 0 Å². The first-order chi connectivity index (χ1) is 7.79. The molecule has 1 aliphatic rings. The van der Waals surface area contributed by atoms with Crippen molar-refractivity contribution in [2.75, 3.05) is 24.6 Å². The van der Waals surface area contributed by atoms with Crippen LogP contribution in [0.5, 0.6) is 0 Å². The van der Waals surface area contributed by atoms with Crippen molar-refractivity contribution in [1.82, 2.24) is 0 Å². The van der Waals surface area contributed by atoms with E-state index in [-0.39, 0.29) is 0 Å². The van der Waals surface area contributed by atoms with E-state index in [0.717, 1.165) is 37.6 Å². The molecule has 3 heteroatoms. The molecule has 0 bridgehead atoms. The summed E-state index contributed by atoms with van der Waals surface area (Å²) in [4.78, 5) is 2.39. The van der Waals surface area contributed by atoms with Gasteiger partial charge in [0.25, 0.3) is 0 Å². The maximum atomic E-state index is 5.88. The molecule has 0 aliphatic carbocycles. The minimum Gasteiger partial charge on any atom is -0.378 e. The molecular weight excluding hydrogens is 222 g/mol. The van der Waals surface area contributed by atoms with Gasteiger partial charge in [-0.25, -0.2) is 0 Å². The number of anilines is 1. The van der Waals surface area contributed by atoms with E-state index >= 15 is 0 Å². The average Bonchev–Trinajstić information content (AvgIpc) is 2.32. The zero-order valence-corrected chi connectivity index (χ0v) is 10.4. The molecule has 2 nitrogen and oxygen atoms in total. The predicted molar refractivity (Wildman–Crippen MR) is 68.3 cm³/mol. The zero-order chi connectivity index (χ0) is 11.4. The molecule has 1 fully saturated rings. The molecular formula is C13H18ClNO. The van der Waals surface area contributed by atoms with Crippen LogP contribution in [0.1, 0.15) is 19.8 Å². The van der Waals surface area contributed by atoms with E-state index in [0.29, 0.717) is 6.10 Å². The number of piperidine rings is 1. The molecule has 0 atom stereocenters. The van der Waals surface area contributed by atoms with Crippen molar-refractivity contribution in [3.63, 3.8) is 0 Å². The summed E-state index contributed by atoms with van der Waals surface area (Å²) in [5.74, 6) is 0. The second-order valence-corrected chi connectivity index (χ2v) is 4.55. The van der Waals surface area contributed by atoms with Crippen LogP contribution in [0.3, 0.4) is 0 Å². The van der Waals surface area contributed by atoms with E-state index in [1.165, 1.54) is 5.69 Å². The summed E-state index contributed by atoms with van der Waals surface area (Å²) in [6.45, 7) is 5.04. The topological polar surface area (TPSA) is 12.5 Å². The van der Waals surface area contributed by atoms with Gasteiger partial charge in [-0.05, 0) is 44.0 Å². The van der Waals surface area contributed by atoms with Crippen LogP contribution in [0, 0.1) is 0 Å². The van der Waals surface area contributed by atoms with E-state index in [4.69, 9.17) is 16.3 Å². The van der Waals surface area contributed by atoms with Gasteiger partial charge < -0.3 is 9.64 Å². The molecule has 0 saturated carbocycles. The fraction of sp³-hybridized carbons (Fsp3) is 0.538. The highest BCUT2D eigenvalue weighted by Crippen LogP contribution is 2.22. The van der Waals surface area contributed by atoms with Gasteiger partial charge in [0.2, 0.25) is 0 Å². The Bertz CT molecular complexity index is 317. The van der Waals surface area contributed by atoms with Gasteiger partial charge in [-0.3, -0.25) is 0 Å². The second kappa shape index (κ2) is 5.55. The van der Waals surface area contributed by atoms with Gasteiger partial charge in [-0.2, -0.15) is 0 Å². The molecule has 0 unspecified atom stereocenters. The molecule has 1 heterocycles. The Labute approximate surface area is 102 Å². The molecule has 16 heavy (non-hydrogen) atoms. The van der Waals surface area contributed by atoms with Crippen molar-refractivity contribution < 1.29 is 4.74 Å². The zero-order valence-electron chi connectivity index (χ0n) is 9.66. The van der Waals surface area contributed by atoms with Crippen molar-refractivity contribution in [2.24, 2.45) is 0 Å². The molecule has 2 rings (SSSR count). The van der Waals surface area contributed by atoms with Crippen LogP contribution >= 0.6 is 11.6 Å². The molecule has 0 radical (unpaired) electrons. The van der Waals surface area contributed by atoms with E-state index in [1.54, 1.807) is 0 Å². The Morgan fingerprint density at radius 3 is 2.44 bits per heavy atom. The molecule has 88 valence electrons. The molecule has 1 aromatic carbocycles. The molecule has 1 aromatic rings. The van der Waals surface area contributed by atoms with Gasteiger partial charge in [0.15, 0.2) is 0 Å². The van der Waals surface area contributed by atoms with Gasteiger partial charge in [-0.15, -0.1) is 0 Å². The quantitative estimate of drug-likeness (QED) is 0.802. The normalized spacial score (nSPS) is 17.8. The minimum atomic E-state index is 0.452. The van der Waals surface area contributed by atoms with Crippen molar-refractivity contribution in [1.29, 1.82) is 0 Å². The smallest absolute Gasteiger partial charge is 0.0608 e. The Balaban J connectivity index is 1.91. The predicted octanol–water partition coefficient (Wildman–Crippen LogP) is 3.35. The summed E-state index contributed by atoms with van der Waals surface area (Å²) in [6, 6.07) is 8.07. The fourth-order valence-corrected chi connectivity index (χ4v) is 2.29. The van der Waals surface area contributed by atoms with E-state index in [9.17, 15) is 0 Å². The third kappa shape index (κ3) is 2.89. The summed E-state index contributed by atoms with van der Waals surface area (Å²) in [7, 11) is 0. The molecule has 0 spiro atoms. The monoisotopic (exact) mass is 239 g/mol. The number of benzene rings is 1. The van der Waals surface area contributed by atoms with Crippen molar-refractivity contribution in [2.45, 2.75) is 25.9 Å². The number of halogens is 1. The van der Waals surface area contributed by atoms with E-state index in [1.807, 2.05) is 12.1 Å². The van der Waals surface area contributed by atoms with E-state index < -0.39 is 0 Å². The lowest BCUT2D eigenvalue weighted by Gasteiger charge is -2.33. The summed E-state index contributed by atoms with van der Waals surface area (Å²) < 4.78 is 5.64. The van der Waals surface area contributed by atoms with Gasteiger partial charge in [0.1, 0.15) is 0 Å². The lowest BCUT2D eigenvalue weighted by molar-refractivity contribution is 0.0459. The van der Waals surface area contributed by atoms with Crippen molar-refractivity contribution >= 4 is 17.3 Å². The maximum absolute atomic E-state index is 5.88. The fourth-order valence-electron chi connectivity index (χ4n) is 2.17. The molecule has 1 aliphatic heterocycles. The standard InChI is InChI=1S/C13H18ClNO/c1-2-16-13-7-9-15(10-8-13)12-5-3-11(14)4-6-12/h3-6,13H,2,7-10H2,1H3. The lowest BCUT2D eigenvalue weighted by Crippen LogP contribution is -2.37. The SMILES string of the molecule is CCOC1CCN(c2ccc(Cl)cc2)CC1. The third-order valence-corrected chi connectivity index (χ3v) is 3.29.